The van der Waals surface area contributed by atoms with E-state index < -0.39 is 20.7 Å². The number of carboxylic acid groups (broad SMARTS) is 2. The molecular weight excluding hydrogens is 506 g/mol. The van der Waals surface area contributed by atoms with Gasteiger partial charge in [0, 0.05) is 14.5 Å². The number of carbonyl (C=O) groups excluding carboxylic acids is 1. The standard InChI is InChI=1S/2C16H36P.CH2O3/c2*1-5-9-13-17(14-10-6-2,15-11-7-3)16-12-8-4;2-1(3)4/h2*5-16H2,1-4H3;(H2,2,3,4)/q2*+1;/p-2. The molecule has 0 aliphatic rings. The van der Waals surface area contributed by atoms with Crippen LogP contribution in [0.2, 0.25) is 0 Å². The summed E-state index contributed by atoms with van der Waals surface area (Å²) < 4.78 is 0. The summed E-state index contributed by atoms with van der Waals surface area (Å²) in [7, 11) is -1.12. The first-order valence-electron chi connectivity index (χ1n) is 16.8. The molecule has 0 saturated carbocycles. The lowest BCUT2D eigenvalue weighted by Crippen LogP contribution is -2.37. The maximum absolute atomic E-state index is 8.33. The van der Waals surface area contributed by atoms with Crippen LogP contribution in [0.15, 0.2) is 0 Å². The predicted molar refractivity (Wildman–Crippen MR) is 177 cm³/mol. The number of unbranched alkanes of at least 4 members (excludes halogenated alkanes) is 8. The van der Waals surface area contributed by atoms with E-state index in [4.69, 9.17) is 15.0 Å². The fraction of sp³-hybridized carbons (Fsp3) is 0.970. The van der Waals surface area contributed by atoms with E-state index in [0.29, 0.717) is 0 Å². The Morgan fingerprint density at radius 3 is 0.553 bits per heavy atom. The molecule has 232 valence electrons. The Balaban J connectivity index is -0.000000564. The smallest absolute Gasteiger partial charge is 0.0594 e. The van der Waals surface area contributed by atoms with Gasteiger partial charge in [0.05, 0.1) is 49.3 Å². The van der Waals surface area contributed by atoms with Gasteiger partial charge in [0.2, 0.25) is 0 Å². The van der Waals surface area contributed by atoms with Gasteiger partial charge in [0.15, 0.2) is 0 Å². The van der Waals surface area contributed by atoms with E-state index in [9.17, 15) is 0 Å². The van der Waals surface area contributed by atoms with Crippen LogP contribution in [0.3, 0.4) is 0 Å². The molecule has 0 aromatic carbocycles. The van der Waals surface area contributed by atoms with Crippen LogP contribution >= 0.6 is 14.5 Å². The van der Waals surface area contributed by atoms with Crippen molar-refractivity contribution in [3.8, 4) is 0 Å². The zero-order valence-electron chi connectivity index (χ0n) is 27.6. The Bertz CT molecular complexity index is 356. The quantitative estimate of drug-likeness (QED) is 0.107. The molecule has 38 heavy (non-hydrogen) atoms. The Morgan fingerprint density at radius 1 is 0.368 bits per heavy atom. The van der Waals surface area contributed by atoms with E-state index in [0.717, 1.165) is 0 Å². The molecule has 5 heteroatoms. The summed E-state index contributed by atoms with van der Waals surface area (Å²) in [5.41, 5.74) is 0. The average molecular weight is 579 g/mol. The maximum atomic E-state index is 8.33. The Kier molecular flexibility index (Phi) is 35.5. The molecule has 0 atom stereocenters. The molecular formula is C33H72O3P2. The fourth-order valence-electron chi connectivity index (χ4n) is 5.29. The Labute approximate surface area is 242 Å². The highest BCUT2D eigenvalue weighted by molar-refractivity contribution is 7.76. The molecule has 0 N–H and O–H groups in total. The lowest BCUT2D eigenvalue weighted by Gasteiger charge is -2.28. The number of rotatable bonds is 24. The van der Waals surface area contributed by atoms with Gasteiger partial charge in [-0.3, -0.25) is 0 Å². The van der Waals surface area contributed by atoms with Crippen LogP contribution in [0.1, 0.15) is 158 Å². The first-order chi connectivity index (χ1) is 18.2. The summed E-state index contributed by atoms with van der Waals surface area (Å²) in [6, 6.07) is 0. The van der Waals surface area contributed by atoms with Gasteiger partial charge in [-0.25, -0.2) is 0 Å². The molecule has 0 unspecified atom stereocenters. The maximum Gasteiger partial charge on any atom is 0.0594 e. The minimum Gasteiger partial charge on any atom is -0.652 e. The van der Waals surface area contributed by atoms with Gasteiger partial charge in [0.1, 0.15) is 0 Å². The van der Waals surface area contributed by atoms with Crippen LogP contribution in [-0.2, 0) is 0 Å². The highest BCUT2D eigenvalue weighted by Gasteiger charge is 2.35. The summed E-state index contributed by atoms with van der Waals surface area (Å²) in [6.45, 7) is 18.8. The van der Waals surface area contributed by atoms with Crippen molar-refractivity contribution in [2.24, 2.45) is 0 Å². The molecule has 0 bridgehead atoms. The monoisotopic (exact) mass is 578 g/mol. The second-order valence-electron chi connectivity index (χ2n) is 11.6. The van der Waals surface area contributed by atoms with Crippen molar-refractivity contribution in [1.82, 2.24) is 0 Å². The van der Waals surface area contributed by atoms with E-state index >= 15 is 0 Å². The number of hydrogen-bond donors (Lipinski definition) is 0. The Hall–Kier alpha value is 0.130. The van der Waals surface area contributed by atoms with Crippen LogP contribution in [-0.4, -0.2) is 55.5 Å². The second-order valence-corrected chi connectivity index (χ2v) is 20.5. The third kappa shape index (κ3) is 27.7. The first-order valence-corrected chi connectivity index (χ1v) is 21.9. The fourth-order valence-corrected chi connectivity index (χ4v) is 15.9. The third-order valence-electron chi connectivity index (χ3n) is 7.89. The van der Waals surface area contributed by atoms with E-state index in [-0.39, 0.29) is 0 Å². The summed E-state index contributed by atoms with van der Waals surface area (Å²) >= 11 is 0. The van der Waals surface area contributed by atoms with Crippen LogP contribution in [0, 0.1) is 0 Å². The average Bonchev–Trinajstić information content (AvgIpc) is 2.91. The van der Waals surface area contributed by atoms with Crippen molar-refractivity contribution < 1.29 is 15.0 Å². The van der Waals surface area contributed by atoms with Gasteiger partial charge >= 0.3 is 0 Å². The largest absolute Gasteiger partial charge is 0.652 e. The molecule has 0 heterocycles. The first kappa shape index (κ1) is 42.6. The minimum atomic E-state index is -2.33. The summed E-state index contributed by atoms with van der Waals surface area (Å²) in [6.07, 6.45) is 33.6. The molecule has 0 aromatic heterocycles. The van der Waals surface area contributed by atoms with Crippen LogP contribution in [0.5, 0.6) is 0 Å². The third-order valence-corrected chi connectivity index (χ3v) is 18.0. The van der Waals surface area contributed by atoms with E-state index in [1.165, 1.54) is 103 Å². The van der Waals surface area contributed by atoms with Gasteiger partial charge in [-0.05, 0) is 57.5 Å². The van der Waals surface area contributed by atoms with E-state index in [1.54, 1.807) is 49.3 Å². The number of hydrogen-bond acceptors (Lipinski definition) is 3. The minimum absolute atomic E-state index is 0.562. The molecule has 0 amide bonds. The molecule has 0 fully saturated rings. The summed E-state index contributed by atoms with van der Waals surface area (Å²) in [4.78, 5) is 8.33. The van der Waals surface area contributed by atoms with E-state index in [2.05, 4.69) is 55.4 Å². The van der Waals surface area contributed by atoms with Gasteiger partial charge in [-0.1, -0.05) is 107 Å². The van der Waals surface area contributed by atoms with Gasteiger partial charge in [-0.15, -0.1) is 0 Å². The lowest BCUT2D eigenvalue weighted by molar-refractivity contribution is -0.415. The molecule has 0 radical (unpaired) electrons. The van der Waals surface area contributed by atoms with Gasteiger partial charge < -0.3 is 15.0 Å². The van der Waals surface area contributed by atoms with Crippen LogP contribution in [0.25, 0.3) is 0 Å². The highest BCUT2D eigenvalue weighted by Crippen LogP contribution is 2.62. The Morgan fingerprint density at radius 2 is 0.474 bits per heavy atom. The lowest BCUT2D eigenvalue weighted by atomic mass is 10.4. The van der Waals surface area contributed by atoms with Crippen LogP contribution < -0.4 is 10.2 Å². The SMILES string of the molecule is CCCC[P+](CCCC)(CCCC)CCCC.CCCC[P+](CCCC)(CCCC)CCCC.O=C([O-])[O-]. The topological polar surface area (TPSA) is 63.2 Å². The van der Waals surface area contributed by atoms with Gasteiger partial charge in [-0.2, -0.15) is 0 Å². The van der Waals surface area contributed by atoms with Crippen molar-refractivity contribution in [3.63, 3.8) is 0 Å². The predicted octanol–water partition coefficient (Wildman–Crippen LogP) is 9.96. The normalized spacial score (nSPS) is 11.4. The molecule has 3 nitrogen and oxygen atoms in total. The molecule has 0 aliphatic heterocycles. The van der Waals surface area contributed by atoms with Crippen molar-refractivity contribution in [2.75, 3.05) is 49.3 Å². The molecule has 0 spiro atoms. The molecule has 0 saturated heterocycles. The summed E-state index contributed by atoms with van der Waals surface area (Å²) in [5, 5.41) is 16.7. The second kappa shape index (κ2) is 31.7. The summed E-state index contributed by atoms with van der Waals surface area (Å²) in [5.74, 6) is 0. The molecule has 0 rings (SSSR count). The molecule has 0 aliphatic carbocycles. The van der Waals surface area contributed by atoms with Crippen molar-refractivity contribution >= 4 is 20.7 Å². The zero-order chi connectivity index (χ0) is 29.5. The number of carbonyl (C=O) groups is 1. The zero-order valence-corrected chi connectivity index (χ0v) is 29.4. The molecule has 0 aromatic rings. The van der Waals surface area contributed by atoms with E-state index in [1.807, 2.05) is 0 Å². The van der Waals surface area contributed by atoms with Crippen molar-refractivity contribution in [2.45, 2.75) is 158 Å². The van der Waals surface area contributed by atoms with Crippen LogP contribution in [0.4, 0.5) is 4.79 Å². The highest BCUT2D eigenvalue weighted by atomic mass is 31.2. The van der Waals surface area contributed by atoms with Crippen molar-refractivity contribution in [3.05, 3.63) is 0 Å². The van der Waals surface area contributed by atoms with Crippen molar-refractivity contribution in [1.29, 1.82) is 0 Å². The van der Waals surface area contributed by atoms with Gasteiger partial charge in [0.25, 0.3) is 0 Å².